The average molecular weight is 278 g/mol. The van der Waals surface area contributed by atoms with Crippen LogP contribution in [0.5, 0.6) is 0 Å². The van der Waals surface area contributed by atoms with Crippen LogP contribution in [-0.2, 0) is 4.74 Å². The van der Waals surface area contributed by atoms with E-state index in [0.29, 0.717) is 17.8 Å². The molecule has 0 saturated carbocycles. The normalized spacial score (nSPS) is 12.4. The molecular formula is C15H19FN2O2. The van der Waals surface area contributed by atoms with Gasteiger partial charge in [0.2, 0.25) is 0 Å². The van der Waals surface area contributed by atoms with Gasteiger partial charge in [-0.05, 0) is 43.3 Å². The lowest BCUT2D eigenvalue weighted by Crippen LogP contribution is -2.09. The van der Waals surface area contributed by atoms with Crippen molar-refractivity contribution in [1.29, 1.82) is 0 Å². The summed E-state index contributed by atoms with van der Waals surface area (Å²) >= 11 is 0. The standard InChI is InChI=1S/C15H19FN2O2/c1-4-5-18-14(10(2)9-17)11-6-12(15(19)20-3)8-13(16)7-11/h6-9H,4-5,17H2,1-3H3/b10-9-,18-14?. The maximum atomic E-state index is 13.7. The summed E-state index contributed by atoms with van der Waals surface area (Å²) in [7, 11) is 1.25. The van der Waals surface area contributed by atoms with Crippen molar-refractivity contribution in [2.75, 3.05) is 13.7 Å². The molecule has 0 saturated heterocycles. The van der Waals surface area contributed by atoms with Crippen LogP contribution in [0.4, 0.5) is 4.39 Å². The Balaban J connectivity index is 3.33. The molecule has 0 radical (unpaired) electrons. The molecule has 1 aromatic rings. The molecule has 0 heterocycles. The lowest BCUT2D eigenvalue weighted by atomic mass is 10.0. The van der Waals surface area contributed by atoms with E-state index in [1.165, 1.54) is 19.4 Å². The Morgan fingerprint density at radius 2 is 2.05 bits per heavy atom. The van der Waals surface area contributed by atoms with E-state index in [4.69, 9.17) is 5.73 Å². The molecule has 2 N–H and O–H groups in total. The summed E-state index contributed by atoms with van der Waals surface area (Å²) < 4.78 is 18.3. The molecular weight excluding hydrogens is 259 g/mol. The van der Waals surface area contributed by atoms with Crippen LogP contribution in [-0.4, -0.2) is 25.3 Å². The fourth-order valence-electron chi connectivity index (χ4n) is 1.71. The maximum Gasteiger partial charge on any atom is 0.337 e. The molecule has 0 amide bonds. The summed E-state index contributed by atoms with van der Waals surface area (Å²) in [6.07, 6.45) is 2.28. The molecule has 0 aliphatic carbocycles. The molecule has 1 rings (SSSR count). The van der Waals surface area contributed by atoms with Crippen LogP contribution in [0.15, 0.2) is 35.0 Å². The van der Waals surface area contributed by atoms with Crippen LogP contribution < -0.4 is 5.73 Å². The summed E-state index contributed by atoms with van der Waals surface area (Å²) in [5.41, 5.74) is 7.48. The highest BCUT2D eigenvalue weighted by Crippen LogP contribution is 2.15. The summed E-state index contributed by atoms with van der Waals surface area (Å²) in [5, 5.41) is 0. The Labute approximate surface area is 118 Å². The van der Waals surface area contributed by atoms with Crippen molar-refractivity contribution < 1.29 is 13.9 Å². The summed E-state index contributed by atoms with van der Waals surface area (Å²) in [4.78, 5) is 15.9. The zero-order valence-corrected chi connectivity index (χ0v) is 11.9. The van der Waals surface area contributed by atoms with Gasteiger partial charge in [0.25, 0.3) is 0 Å². The van der Waals surface area contributed by atoms with Gasteiger partial charge >= 0.3 is 5.97 Å². The van der Waals surface area contributed by atoms with E-state index in [9.17, 15) is 9.18 Å². The van der Waals surface area contributed by atoms with Gasteiger partial charge in [0.05, 0.1) is 18.4 Å². The monoisotopic (exact) mass is 278 g/mol. The third-order valence-corrected chi connectivity index (χ3v) is 2.71. The summed E-state index contributed by atoms with van der Waals surface area (Å²) in [6, 6.07) is 4.01. The van der Waals surface area contributed by atoms with Crippen molar-refractivity contribution in [3.8, 4) is 0 Å². The molecule has 4 nitrogen and oxygen atoms in total. The van der Waals surface area contributed by atoms with Crippen molar-refractivity contribution in [2.24, 2.45) is 10.7 Å². The zero-order valence-electron chi connectivity index (χ0n) is 11.9. The van der Waals surface area contributed by atoms with Crippen LogP contribution >= 0.6 is 0 Å². The molecule has 0 unspecified atom stereocenters. The van der Waals surface area contributed by atoms with E-state index in [0.717, 1.165) is 18.1 Å². The molecule has 20 heavy (non-hydrogen) atoms. The minimum Gasteiger partial charge on any atom is -0.465 e. The molecule has 1 aromatic carbocycles. The second kappa shape index (κ2) is 7.43. The predicted octanol–water partition coefficient (Wildman–Crippen LogP) is 2.67. The minimum absolute atomic E-state index is 0.150. The molecule has 0 fully saturated rings. The molecule has 0 aromatic heterocycles. The highest BCUT2D eigenvalue weighted by molar-refractivity contribution is 6.13. The number of nitrogens with zero attached hydrogens (tertiary/aromatic N) is 1. The number of allylic oxidation sites excluding steroid dienone is 1. The van der Waals surface area contributed by atoms with E-state index in [1.807, 2.05) is 6.92 Å². The zero-order chi connectivity index (χ0) is 15.1. The van der Waals surface area contributed by atoms with Crippen molar-refractivity contribution >= 4 is 11.7 Å². The molecule has 0 aliphatic heterocycles. The SMILES string of the molecule is CCCN=C(/C(C)=C\N)c1cc(F)cc(C(=O)OC)c1. The number of hydrogen-bond donors (Lipinski definition) is 1. The Bertz CT molecular complexity index is 551. The topological polar surface area (TPSA) is 64.7 Å². The van der Waals surface area contributed by atoms with E-state index in [2.05, 4.69) is 9.73 Å². The van der Waals surface area contributed by atoms with Crippen molar-refractivity contribution in [2.45, 2.75) is 20.3 Å². The highest BCUT2D eigenvalue weighted by atomic mass is 19.1. The second-order valence-electron chi connectivity index (χ2n) is 4.30. The highest BCUT2D eigenvalue weighted by Gasteiger charge is 2.13. The van der Waals surface area contributed by atoms with Gasteiger partial charge in [-0.1, -0.05) is 6.92 Å². The summed E-state index contributed by atoms with van der Waals surface area (Å²) in [6.45, 7) is 4.38. The molecule has 0 aliphatic rings. The van der Waals surface area contributed by atoms with Gasteiger partial charge in [-0.15, -0.1) is 0 Å². The van der Waals surface area contributed by atoms with Gasteiger partial charge < -0.3 is 10.5 Å². The predicted molar refractivity (Wildman–Crippen MR) is 77.4 cm³/mol. The first kappa shape index (κ1) is 15.9. The maximum absolute atomic E-state index is 13.7. The van der Waals surface area contributed by atoms with E-state index >= 15 is 0 Å². The quantitative estimate of drug-likeness (QED) is 0.665. The van der Waals surface area contributed by atoms with Crippen LogP contribution in [0.1, 0.15) is 36.2 Å². The molecule has 0 atom stereocenters. The third-order valence-electron chi connectivity index (χ3n) is 2.71. The number of benzene rings is 1. The molecule has 0 spiro atoms. The van der Waals surface area contributed by atoms with E-state index < -0.39 is 11.8 Å². The van der Waals surface area contributed by atoms with Gasteiger partial charge in [-0.25, -0.2) is 9.18 Å². The number of carbonyl (C=O) groups excluding carboxylic acids is 1. The number of methoxy groups -OCH3 is 1. The van der Waals surface area contributed by atoms with Crippen molar-refractivity contribution in [1.82, 2.24) is 0 Å². The number of rotatable bonds is 5. The Hall–Kier alpha value is -2.17. The molecule has 0 bridgehead atoms. The molecule has 108 valence electrons. The van der Waals surface area contributed by atoms with Gasteiger partial charge in [-0.3, -0.25) is 4.99 Å². The Morgan fingerprint density at radius 3 is 2.60 bits per heavy atom. The third kappa shape index (κ3) is 3.91. The van der Waals surface area contributed by atoms with Crippen LogP contribution in [0.2, 0.25) is 0 Å². The lowest BCUT2D eigenvalue weighted by Gasteiger charge is -2.09. The minimum atomic E-state index is -0.588. The van der Waals surface area contributed by atoms with Crippen molar-refractivity contribution in [3.63, 3.8) is 0 Å². The van der Waals surface area contributed by atoms with Gasteiger partial charge in [0, 0.05) is 12.1 Å². The summed E-state index contributed by atoms with van der Waals surface area (Å²) in [5.74, 6) is -1.10. The number of halogens is 1. The largest absolute Gasteiger partial charge is 0.465 e. The van der Waals surface area contributed by atoms with Gasteiger partial charge in [-0.2, -0.15) is 0 Å². The fourth-order valence-corrected chi connectivity index (χ4v) is 1.71. The van der Waals surface area contributed by atoms with E-state index in [1.54, 1.807) is 13.0 Å². The number of carbonyl (C=O) groups is 1. The fraction of sp³-hybridized carbons (Fsp3) is 0.333. The lowest BCUT2D eigenvalue weighted by molar-refractivity contribution is 0.0600. The number of ether oxygens (including phenoxy) is 1. The first-order valence-electron chi connectivity index (χ1n) is 6.36. The van der Waals surface area contributed by atoms with Crippen LogP contribution in [0, 0.1) is 5.82 Å². The Morgan fingerprint density at radius 1 is 1.40 bits per heavy atom. The smallest absolute Gasteiger partial charge is 0.337 e. The number of nitrogens with two attached hydrogens (primary N) is 1. The Kier molecular flexibility index (Phi) is 5.90. The second-order valence-corrected chi connectivity index (χ2v) is 4.30. The average Bonchev–Trinajstić information content (AvgIpc) is 2.45. The van der Waals surface area contributed by atoms with Gasteiger partial charge in [0.15, 0.2) is 0 Å². The van der Waals surface area contributed by atoms with Crippen LogP contribution in [0.25, 0.3) is 0 Å². The van der Waals surface area contributed by atoms with Gasteiger partial charge in [0.1, 0.15) is 5.82 Å². The van der Waals surface area contributed by atoms with Crippen molar-refractivity contribution in [3.05, 3.63) is 46.9 Å². The van der Waals surface area contributed by atoms with E-state index in [-0.39, 0.29) is 5.56 Å². The first-order valence-corrected chi connectivity index (χ1v) is 6.36. The number of aliphatic imine (C=N–C) groups is 1. The number of hydrogen-bond acceptors (Lipinski definition) is 4. The molecule has 5 heteroatoms. The van der Waals surface area contributed by atoms with Crippen LogP contribution in [0.3, 0.4) is 0 Å². The first-order chi connectivity index (χ1) is 9.53. The number of esters is 1.